The first-order valence-electron chi connectivity index (χ1n) is 4.88. The lowest BCUT2D eigenvalue weighted by molar-refractivity contribution is 0.177. The number of nitrogen functional groups attached to an aromatic ring is 1. The number of ether oxygens (including phenoxy) is 1. The molecule has 5 nitrogen and oxygen atoms in total. The molecule has 0 unspecified atom stereocenters. The van der Waals surface area contributed by atoms with Crippen molar-refractivity contribution in [2.24, 2.45) is 0 Å². The number of hydrogen-bond acceptors (Lipinski definition) is 5. The van der Waals surface area contributed by atoms with Crippen molar-refractivity contribution in [1.29, 1.82) is 0 Å². The molecule has 0 radical (unpaired) electrons. The third-order valence-corrected chi connectivity index (χ3v) is 2.29. The van der Waals surface area contributed by atoms with Crippen LogP contribution in [0.2, 0.25) is 0 Å². The summed E-state index contributed by atoms with van der Waals surface area (Å²) in [5, 5.41) is 3.95. The highest BCUT2D eigenvalue weighted by Crippen LogP contribution is 2.27. The number of nitrogens with two attached hydrogens (primary N) is 1. The number of aromatic nitrogens is 2. The maximum atomic E-state index is 5.54. The number of anilines is 1. The van der Waals surface area contributed by atoms with Crippen LogP contribution in [-0.4, -0.2) is 17.3 Å². The lowest BCUT2D eigenvalue weighted by Gasteiger charge is -2.01. The van der Waals surface area contributed by atoms with Crippen molar-refractivity contribution in [3.05, 3.63) is 29.8 Å². The molecule has 2 aromatic rings. The van der Waals surface area contributed by atoms with Crippen molar-refractivity contribution < 1.29 is 9.26 Å². The largest absolute Gasteiger partial charge is 0.384 e. The summed E-state index contributed by atoms with van der Waals surface area (Å²) in [6.45, 7) is 2.27. The lowest BCUT2D eigenvalue weighted by atomic mass is 10.1. The van der Waals surface area contributed by atoms with Crippen LogP contribution in [0.5, 0.6) is 0 Å². The van der Waals surface area contributed by atoms with E-state index in [1.165, 1.54) is 0 Å². The molecular weight excluding hydrogens is 206 g/mol. The van der Waals surface area contributed by atoms with E-state index in [4.69, 9.17) is 15.0 Å². The number of aryl methyl sites for hydroxylation is 1. The fourth-order valence-corrected chi connectivity index (χ4v) is 1.58. The van der Waals surface area contributed by atoms with Gasteiger partial charge in [-0.25, -0.2) is 4.98 Å². The lowest BCUT2D eigenvalue weighted by Crippen LogP contribution is -1.93. The quantitative estimate of drug-likeness (QED) is 0.851. The molecule has 0 amide bonds. The van der Waals surface area contributed by atoms with E-state index in [2.05, 4.69) is 10.1 Å². The van der Waals surface area contributed by atoms with Crippen LogP contribution >= 0.6 is 0 Å². The molecule has 2 heterocycles. The molecule has 2 N–H and O–H groups in total. The molecule has 0 fully saturated rings. The standard InChI is InChI=1S/C11H13N3O2/c1-7-11(9(6-15-2)14-16-7)8-3-4-10(12)13-5-8/h3-5H,6H2,1-2H3,(H2,12,13). The van der Waals surface area contributed by atoms with Crippen LogP contribution in [0.1, 0.15) is 11.5 Å². The van der Waals surface area contributed by atoms with Gasteiger partial charge >= 0.3 is 0 Å². The van der Waals surface area contributed by atoms with Crippen molar-refractivity contribution in [2.75, 3.05) is 12.8 Å². The van der Waals surface area contributed by atoms with Gasteiger partial charge in [0.25, 0.3) is 0 Å². The van der Waals surface area contributed by atoms with E-state index in [0.717, 1.165) is 22.6 Å². The maximum absolute atomic E-state index is 5.54. The Morgan fingerprint density at radius 1 is 1.44 bits per heavy atom. The fourth-order valence-electron chi connectivity index (χ4n) is 1.58. The second-order valence-corrected chi connectivity index (χ2v) is 3.47. The number of methoxy groups -OCH3 is 1. The highest BCUT2D eigenvalue weighted by Gasteiger charge is 2.14. The van der Waals surface area contributed by atoms with Gasteiger partial charge in [-0.05, 0) is 19.1 Å². The second kappa shape index (κ2) is 4.32. The van der Waals surface area contributed by atoms with E-state index < -0.39 is 0 Å². The third kappa shape index (κ3) is 1.90. The first-order valence-corrected chi connectivity index (χ1v) is 4.88. The van der Waals surface area contributed by atoms with Crippen LogP contribution in [0.15, 0.2) is 22.9 Å². The molecule has 0 aliphatic rings. The molecule has 84 valence electrons. The fraction of sp³-hybridized carbons (Fsp3) is 0.273. The van der Waals surface area contributed by atoms with E-state index >= 15 is 0 Å². The Morgan fingerprint density at radius 2 is 2.25 bits per heavy atom. The Bertz CT molecular complexity index is 476. The third-order valence-electron chi connectivity index (χ3n) is 2.29. The molecular formula is C11H13N3O2. The van der Waals surface area contributed by atoms with E-state index in [9.17, 15) is 0 Å². The summed E-state index contributed by atoms with van der Waals surface area (Å²) in [4.78, 5) is 4.04. The van der Waals surface area contributed by atoms with Crippen molar-refractivity contribution in [3.8, 4) is 11.1 Å². The van der Waals surface area contributed by atoms with E-state index in [-0.39, 0.29) is 0 Å². The van der Waals surface area contributed by atoms with Gasteiger partial charge in [-0.2, -0.15) is 0 Å². The molecule has 0 saturated heterocycles. The molecule has 0 aromatic carbocycles. The summed E-state index contributed by atoms with van der Waals surface area (Å²) in [6, 6.07) is 3.64. The monoisotopic (exact) mass is 219 g/mol. The Morgan fingerprint density at radius 3 is 2.88 bits per heavy atom. The molecule has 5 heteroatoms. The second-order valence-electron chi connectivity index (χ2n) is 3.47. The maximum Gasteiger partial charge on any atom is 0.141 e. The van der Waals surface area contributed by atoms with Gasteiger partial charge in [0, 0.05) is 18.9 Å². The summed E-state index contributed by atoms with van der Waals surface area (Å²) in [5.41, 5.74) is 8.17. The van der Waals surface area contributed by atoms with Gasteiger partial charge < -0.3 is 15.0 Å². The Kier molecular flexibility index (Phi) is 2.87. The SMILES string of the molecule is COCc1noc(C)c1-c1ccc(N)nc1. The van der Waals surface area contributed by atoms with Gasteiger partial charge in [0.1, 0.15) is 17.3 Å². The summed E-state index contributed by atoms with van der Waals surface area (Å²) < 4.78 is 10.2. The molecule has 0 spiro atoms. The number of pyridine rings is 1. The highest BCUT2D eigenvalue weighted by molar-refractivity contribution is 5.67. The average molecular weight is 219 g/mol. The molecule has 16 heavy (non-hydrogen) atoms. The predicted molar refractivity (Wildman–Crippen MR) is 59.6 cm³/mol. The van der Waals surface area contributed by atoms with Crippen LogP contribution in [0.4, 0.5) is 5.82 Å². The van der Waals surface area contributed by atoms with Crippen molar-refractivity contribution in [1.82, 2.24) is 10.1 Å². The zero-order valence-electron chi connectivity index (χ0n) is 9.23. The van der Waals surface area contributed by atoms with Crippen molar-refractivity contribution in [2.45, 2.75) is 13.5 Å². The van der Waals surface area contributed by atoms with Gasteiger partial charge in [0.05, 0.1) is 12.2 Å². The minimum absolute atomic E-state index is 0.414. The minimum atomic E-state index is 0.414. The molecule has 0 aliphatic carbocycles. The molecule has 0 aliphatic heterocycles. The number of nitrogens with zero attached hydrogens (tertiary/aromatic N) is 2. The summed E-state index contributed by atoms with van der Waals surface area (Å²) in [6.07, 6.45) is 1.70. The average Bonchev–Trinajstić information content (AvgIpc) is 2.62. The number of hydrogen-bond donors (Lipinski definition) is 1. The zero-order chi connectivity index (χ0) is 11.5. The molecule has 0 saturated carbocycles. The summed E-state index contributed by atoms with van der Waals surface area (Å²) in [5.74, 6) is 1.24. The van der Waals surface area contributed by atoms with E-state index in [1.54, 1.807) is 19.4 Å². The summed E-state index contributed by atoms with van der Waals surface area (Å²) in [7, 11) is 1.62. The normalized spacial score (nSPS) is 10.6. The number of rotatable bonds is 3. The van der Waals surface area contributed by atoms with Crippen molar-refractivity contribution in [3.63, 3.8) is 0 Å². The highest BCUT2D eigenvalue weighted by atomic mass is 16.5. The first kappa shape index (κ1) is 10.6. The molecule has 0 atom stereocenters. The van der Waals surface area contributed by atoms with E-state index in [0.29, 0.717) is 12.4 Å². The topological polar surface area (TPSA) is 74.2 Å². The molecule has 2 aromatic heterocycles. The zero-order valence-corrected chi connectivity index (χ0v) is 9.23. The molecule has 0 bridgehead atoms. The van der Waals surface area contributed by atoms with Crippen LogP contribution in [-0.2, 0) is 11.3 Å². The Labute approximate surface area is 93.2 Å². The minimum Gasteiger partial charge on any atom is -0.384 e. The smallest absolute Gasteiger partial charge is 0.141 e. The van der Waals surface area contributed by atoms with Gasteiger partial charge in [-0.15, -0.1) is 0 Å². The van der Waals surface area contributed by atoms with Gasteiger partial charge in [0.2, 0.25) is 0 Å². The van der Waals surface area contributed by atoms with E-state index in [1.807, 2.05) is 13.0 Å². The summed E-state index contributed by atoms with van der Waals surface area (Å²) >= 11 is 0. The first-order chi connectivity index (χ1) is 7.72. The van der Waals surface area contributed by atoms with Gasteiger partial charge in [-0.1, -0.05) is 5.16 Å². The predicted octanol–water partition coefficient (Wildman–Crippen LogP) is 1.77. The van der Waals surface area contributed by atoms with Gasteiger partial charge in [-0.3, -0.25) is 0 Å². The van der Waals surface area contributed by atoms with Crippen molar-refractivity contribution >= 4 is 5.82 Å². The van der Waals surface area contributed by atoms with Crippen LogP contribution in [0.3, 0.4) is 0 Å². The Balaban J connectivity index is 2.45. The molecule has 2 rings (SSSR count). The van der Waals surface area contributed by atoms with Gasteiger partial charge in [0.15, 0.2) is 0 Å². The van der Waals surface area contributed by atoms with Crippen LogP contribution in [0.25, 0.3) is 11.1 Å². The van der Waals surface area contributed by atoms with Crippen LogP contribution < -0.4 is 5.73 Å². The van der Waals surface area contributed by atoms with Crippen LogP contribution in [0, 0.1) is 6.92 Å². The Hall–Kier alpha value is -1.88.